The maximum atomic E-state index is 12.9. The molecule has 7 heteroatoms. The van der Waals surface area contributed by atoms with Crippen molar-refractivity contribution in [1.29, 1.82) is 0 Å². The fourth-order valence-electron chi connectivity index (χ4n) is 3.15. The van der Waals surface area contributed by atoms with E-state index in [9.17, 15) is 9.59 Å². The molecule has 7 nitrogen and oxygen atoms in total. The maximum Gasteiger partial charge on any atom is 0.303 e. The number of likely N-dealkylation sites (tertiary alicyclic amines) is 1. The Kier molecular flexibility index (Phi) is 4.88. The van der Waals surface area contributed by atoms with E-state index < -0.39 is 5.97 Å². The van der Waals surface area contributed by atoms with Crippen molar-refractivity contribution < 1.29 is 14.7 Å². The second kappa shape index (κ2) is 7.25. The summed E-state index contributed by atoms with van der Waals surface area (Å²) in [5, 5.41) is 13.0. The van der Waals surface area contributed by atoms with E-state index in [1.807, 2.05) is 17.0 Å². The Hall–Kier alpha value is -2.70. The van der Waals surface area contributed by atoms with Gasteiger partial charge < -0.3 is 10.0 Å². The molecule has 0 saturated carbocycles. The summed E-state index contributed by atoms with van der Waals surface area (Å²) in [6.07, 6.45) is 6.48. The standard InChI is InChI=1S/C17H20N4O3/c22-16(23)8-7-14-5-1-2-9-20(14)17(24)13-4-3-6-15(10-13)21-12-18-11-19-21/h3-4,6,10-12,14H,1-2,5,7-9H2,(H,22,23)/t14-/m0/s1. The Morgan fingerprint density at radius 2 is 2.17 bits per heavy atom. The summed E-state index contributed by atoms with van der Waals surface area (Å²) in [6.45, 7) is 0.677. The Morgan fingerprint density at radius 3 is 2.92 bits per heavy atom. The molecular formula is C17H20N4O3. The first kappa shape index (κ1) is 16.2. The lowest BCUT2D eigenvalue weighted by molar-refractivity contribution is -0.137. The predicted octanol–water partition coefficient (Wildman–Crippen LogP) is 2.13. The van der Waals surface area contributed by atoms with Gasteiger partial charge >= 0.3 is 5.97 Å². The van der Waals surface area contributed by atoms with Crippen molar-refractivity contribution in [1.82, 2.24) is 19.7 Å². The lowest BCUT2D eigenvalue weighted by atomic mass is 9.97. The number of rotatable bonds is 5. The highest BCUT2D eigenvalue weighted by atomic mass is 16.4. The fraction of sp³-hybridized carbons (Fsp3) is 0.412. The smallest absolute Gasteiger partial charge is 0.303 e. The molecule has 1 N–H and O–H groups in total. The van der Waals surface area contributed by atoms with Crippen molar-refractivity contribution in [2.45, 2.75) is 38.1 Å². The Bertz CT molecular complexity index is 714. The third-order valence-corrected chi connectivity index (χ3v) is 4.36. The second-order valence-corrected chi connectivity index (χ2v) is 5.97. The first-order valence-corrected chi connectivity index (χ1v) is 8.13. The van der Waals surface area contributed by atoms with Crippen LogP contribution in [0.25, 0.3) is 5.69 Å². The van der Waals surface area contributed by atoms with Gasteiger partial charge in [-0.15, -0.1) is 0 Å². The van der Waals surface area contributed by atoms with Gasteiger partial charge in [0.15, 0.2) is 0 Å². The number of carbonyl (C=O) groups excluding carboxylic acids is 1. The highest BCUT2D eigenvalue weighted by Gasteiger charge is 2.27. The average molecular weight is 328 g/mol. The number of piperidine rings is 1. The minimum absolute atomic E-state index is 0.00243. The third-order valence-electron chi connectivity index (χ3n) is 4.36. The quantitative estimate of drug-likeness (QED) is 0.908. The number of nitrogens with zero attached hydrogens (tertiary/aromatic N) is 4. The van der Waals surface area contributed by atoms with Crippen LogP contribution in [0.3, 0.4) is 0 Å². The van der Waals surface area contributed by atoms with E-state index in [-0.39, 0.29) is 18.4 Å². The Morgan fingerprint density at radius 1 is 1.29 bits per heavy atom. The van der Waals surface area contributed by atoms with Gasteiger partial charge in [-0.25, -0.2) is 9.67 Å². The van der Waals surface area contributed by atoms with Crippen molar-refractivity contribution in [2.75, 3.05) is 6.54 Å². The Labute approximate surface area is 139 Å². The molecule has 1 amide bonds. The first-order valence-electron chi connectivity index (χ1n) is 8.13. The van der Waals surface area contributed by atoms with Crippen LogP contribution >= 0.6 is 0 Å². The van der Waals surface area contributed by atoms with Crippen molar-refractivity contribution in [2.24, 2.45) is 0 Å². The molecule has 2 heterocycles. The van der Waals surface area contributed by atoms with Crippen LogP contribution in [0.1, 0.15) is 42.5 Å². The summed E-state index contributed by atoms with van der Waals surface area (Å²) < 4.78 is 1.61. The molecule has 0 radical (unpaired) electrons. The molecule has 3 rings (SSSR count). The molecule has 1 aromatic carbocycles. The zero-order chi connectivity index (χ0) is 16.9. The number of aromatic nitrogens is 3. The molecular weight excluding hydrogens is 308 g/mol. The van der Waals surface area contributed by atoms with Gasteiger partial charge in [0.25, 0.3) is 5.91 Å². The van der Waals surface area contributed by atoms with Gasteiger partial charge in [0, 0.05) is 24.6 Å². The highest BCUT2D eigenvalue weighted by Crippen LogP contribution is 2.23. The van der Waals surface area contributed by atoms with Gasteiger partial charge in [0.2, 0.25) is 0 Å². The molecule has 0 bridgehead atoms. The van der Waals surface area contributed by atoms with Crippen molar-refractivity contribution in [3.8, 4) is 5.69 Å². The minimum Gasteiger partial charge on any atom is -0.481 e. The molecule has 0 aliphatic carbocycles. The maximum absolute atomic E-state index is 12.9. The van der Waals surface area contributed by atoms with Crippen LogP contribution in [-0.2, 0) is 4.79 Å². The molecule has 0 spiro atoms. The number of hydrogen-bond donors (Lipinski definition) is 1. The van der Waals surface area contributed by atoms with Crippen LogP contribution in [0, 0.1) is 0 Å². The van der Waals surface area contributed by atoms with Crippen LogP contribution < -0.4 is 0 Å². The number of carboxylic acid groups (broad SMARTS) is 1. The van der Waals surface area contributed by atoms with Crippen LogP contribution in [0.2, 0.25) is 0 Å². The van der Waals surface area contributed by atoms with E-state index in [1.165, 1.54) is 6.33 Å². The van der Waals surface area contributed by atoms with Crippen LogP contribution in [0.5, 0.6) is 0 Å². The van der Waals surface area contributed by atoms with E-state index in [4.69, 9.17) is 5.11 Å². The molecule has 126 valence electrons. The SMILES string of the molecule is O=C(O)CC[C@@H]1CCCCN1C(=O)c1cccc(-n2cncn2)c1. The molecule has 24 heavy (non-hydrogen) atoms. The van der Waals surface area contributed by atoms with E-state index >= 15 is 0 Å². The molecule has 1 fully saturated rings. The fourth-order valence-corrected chi connectivity index (χ4v) is 3.15. The number of amides is 1. The van der Waals surface area contributed by atoms with E-state index in [1.54, 1.807) is 23.1 Å². The lowest BCUT2D eigenvalue weighted by Crippen LogP contribution is -2.44. The van der Waals surface area contributed by atoms with Crippen LogP contribution in [0.4, 0.5) is 0 Å². The summed E-state index contributed by atoms with van der Waals surface area (Å²) >= 11 is 0. The van der Waals surface area contributed by atoms with Gasteiger partial charge in [0.1, 0.15) is 12.7 Å². The predicted molar refractivity (Wildman–Crippen MR) is 86.9 cm³/mol. The van der Waals surface area contributed by atoms with Gasteiger partial charge in [-0.05, 0) is 43.9 Å². The Balaban J connectivity index is 1.79. The average Bonchev–Trinajstić information content (AvgIpc) is 3.14. The molecule has 0 unspecified atom stereocenters. The largest absolute Gasteiger partial charge is 0.481 e. The van der Waals surface area contributed by atoms with Crippen LogP contribution in [0.15, 0.2) is 36.9 Å². The van der Waals surface area contributed by atoms with Crippen LogP contribution in [-0.4, -0.2) is 49.2 Å². The van der Waals surface area contributed by atoms with Crippen molar-refractivity contribution in [3.05, 3.63) is 42.5 Å². The molecule has 1 saturated heterocycles. The zero-order valence-corrected chi connectivity index (χ0v) is 13.3. The normalized spacial score (nSPS) is 17.7. The van der Waals surface area contributed by atoms with Crippen molar-refractivity contribution in [3.63, 3.8) is 0 Å². The van der Waals surface area contributed by atoms with E-state index in [0.717, 1.165) is 24.9 Å². The molecule has 1 aliphatic heterocycles. The van der Waals surface area contributed by atoms with Crippen molar-refractivity contribution >= 4 is 11.9 Å². The third kappa shape index (κ3) is 3.61. The highest BCUT2D eigenvalue weighted by molar-refractivity contribution is 5.95. The number of carboxylic acids is 1. The lowest BCUT2D eigenvalue weighted by Gasteiger charge is -2.35. The monoisotopic (exact) mass is 328 g/mol. The van der Waals surface area contributed by atoms with E-state index in [2.05, 4.69) is 10.1 Å². The van der Waals surface area contributed by atoms with E-state index in [0.29, 0.717) is 18.5 Å². The first-order chi connectivity index (χ1) is 11.6. The second-order valence-electron chi connectivity index (χ2n) is 5.97. The summed E-state index contributed by atoms with van der Waals surface area (Å²) in [4.78, 5) is 29.5. The minimum atomic E-state index is -0.818. The number of carbonyl (C=O) groups is 2. The zero-order valence-electron chi connectivity index (χ0n) is 13.3. The summed E-state index contributed by atoms with van der Waals surface area (Å²) in [6, 6.07) is 7.26. The number of aliphatic carboxylic acids is 1. The molecule has 2 aromatic rings. The molecule has 1 aliphatic rings. The molecule has 1 aromatic heterocycles. The summed E-state index contributed by atoms with van der Waals surface area (Å²) in [5.41, 5.74) is 1.36. The van der Waals surface area contributed by atoms with Gasteiger partial charge in [-0.1, -0.05) is 6.07 Å². The number of hydrogen-bond acceptors (Lipinski definition) is 4. The van der Waals surface area contributed by atoms with Gasteiger partial charge in [0.05, 0.1) is 5.69 Å². The van der Waals surface area contributed by atoms with Gasteiger partial charge in [-0.2, -0.15) is 5.10 Å². The number of benzene rings is 1. The summed E-state index contributed by atoms with van der Waals surface area (Å²) in [7, 11) is 0. The molecule has 1 atom stereocenters. The summed E-state index contributed by atoms with van der Waals surface area (Å²) in [5.74, 6) is -0.867. The van der Waals surface area contributed by atoms with Gasteiger partial charge in [-0.3, -0.25) is 9.59 Å². The topological polar surface area (TPSA) is 88.3 Å².